The Morgan fingerprint density at radius 3 is 2.65 bits per heavy atom. The van der Waals surface area contributed by atoms with E-state index in [9.17, 15) is 0 Å². The van der Waals surface area contributed by atoms with Gasteiger partial charge in [-0.2, -0.15) is 0 Å². The molecule has 4 rings (SSSR count). The zero-order valence-electron chi connectivity index (χ0n) is 14.0. The fourth-order valence-corrected chi connectivity index (χ4v) is 3.57. The molecule has 2 heterocycles. The number of hydrogen-bond donors (Lipinski definition) is 0. The van der Waals surface area contributed by atoms with Crippen molar-refractivity contribution in [2.75, 3.05) is 0 Å². The normalized spacial score (nSPS) is 12.2. The van der Waals surface area contributed by atoms with Crippen molar-refractivity contribution >= 4 is 0 Å². The molecule has 0 N–H and O–H groups in total. The quantitative estimate of drug-likeness (QED) is 0.504. The number of benzene rings is 1. The maximum atomic E-state index is 4.80. The van der Waals surface area contributed by atoms with Crippen LogP contribution < -0.4 is 4.57 Å². The Morgan fingerprint density at radius 1 is 1.00 bits per heavy atom. The Bertz CT molecular complexity index is 942. The van der Waals surface area contributed by atoms with Crippen molar-refractivity contribution in [3.63, 3.8) is 0 Å². The second-order valence-corrected chi connectivity index (χ2v) is 6.47. The van der Waals surface area contributed by atoms with Crippen LogP contribution in [0.15, 0.2) is 36.8 Å². The van der Waals surface area contributed by atoms with E-state index >= 15 is 0 Å². The molecule has 3 aromatic rings. The maximum Gasteiger partial charge on any atom is 0.330 e. The largest absolute Gasteiger partial charge is 0.330 e. The zero-order valence-corrected chi connectivity index (χ0v) is 14.0. The van der Waals surface area contributed by atoms with Crippen LogP contribution in [-0.4, -0.2) is 9.97 Å². The predicted octanol–water partition coefficient (Wildman–Crippen LogP) is 3.46. The highest BCUT2D eigenvalue weighted by atomic mass is 15.0. The van der Waals surface area contributed by atoms with Gasteiger partial charge in [-0.15, -0.1) is 0 Å². The van der Waals surface area contributed by atoms with Crippen LogP contribution in [0.25, 0.3) is 22.5 Å². The highest BCUT2D eigenvalue weighted by molar-refractivity contribution is 5.74. The number of fused-ring (bicyclic) bond motifs is 3. The number of rotatable bonds is 1. The molecule has 1 aliphatic rings. The van der Waals surface area contributed by atoms with E-state index < -0.39 is 0 Å². The van der Waals surface area contributed by atoms with Gasteiger partial charge in [0, 0.05) is 18.8 Å². The van der Waals surface area contributed by atoms with Gasteiger partial charge in [-0.3, -0.25) is 4.98 Å². The molecule has 114 valence electrons. The summed E-state index contributed by atoms with van der Waals surface area (Å²) in [6.45, 7) is 6.49. The van der Waals surface area contributed by atoms with Gasteiger partial charge in [0.05, 0.1) is 18.2 Å². The summed E-state index contributed by atoms with van der Waals surface area (Å²) in [5.74, 6) is 1.04. The lowest BCUT2D eigenvalue weighted by atomic mass is 9.99. The smallest absolute Gasteiger partial charge is 0.264 e. The third kappa shape index (κ3) is 2.07. The molecule has 3 nitrogen and oxygen atoms in total. The van der Waals surface area contributed by atoms with Gasteiger partial charge in [0.1, 0.15) is 5.69 Å². The van der Waals surface area contributed by atoms with E-state index in [2.05, 4.69) is 55.6 Å². The van der Waals surface area contributed by atoms with Gasteiger partial charge in [-0.05, 0) is 65.7 Å². The minimum Gasteiger partial charge on any atom is -0.264 e. The molecule has 0 atom stereocenters. The molecular weight excluding hydrogens is 282 g/mol. The molecular formula is C20H20N3+. The van der Waals surface area contributed by atoms with Gasteiger partial charge in [0.2, 0.25) is 0 Å². The first-order valence-corrected chi connectivity index (χ1v) is 7.95. The topological polar surface area (TPSA) is 29.7 Å². The molecule has 3 heteroatoms. The summed E-state index contributed by atoms with van der Waals surface area (Å²) in [4.78, 5) is 9.06. The van der Waals surface area contributed by atoms with Crippen molar-refractivity contribution in [2.45, 2.75) is 27.2 Å². The molecule has 0 unspecified atom stereocenters. The van der Waals surface area contributed by atoms with Crippen molar-refractivity contribution in [3.05, 3.63) is 64.7 Å². The Labute approximate surface area is 136 Å². The van der Waals surface area contributed by atoms with E-state index in [1.54, 1.807) is 0 Å². The van der Waals surface area contributed by atoms with Crippen molar-refractivity contribution < 1.29 is 4.57 Å². The minimum atomic E-state index is 0.925. The van der Waals surface area contributed by atoms with Crippen LogP contribution in [0.5, 0.6) is 0 Å². The molecule has 0 bridgehead atoms. The van der Waals surface area contributed by atoms with Gasteiger partial charge in [0.15, 0.2) is 6.20 Å². The molecule has 1 aliphatic carbocycles. The Hall–Kier alpha value is -2.55. The molecule has 0 aliphatic heterocycles. The first-order chi connectivity index (χ1) is 11.1. The number of hydrogen-bond acceptors (Lipinski definition) is 2. The highest BCUT2D eigenvalue weighted by Gasteiger charge is 2.28. The second-order valence-electron chi connectivity index (χ2n) is 6.47. The fourth-order valence-electron chi connectivity index (χ4n) is 3.57. The molecule has 0 saturated heterocycles. The minimum absolute atomic E-state index is 0.925. The van der Waals surface area contributed by atoms with E-state index in [-0.39, 0.29) is 0 Å². The second kappa shape index (κ2) is 4.98. The van der Waals surface area contributed by atoms with Gasteiger partial charge in [0.25, 0.3) is 0 Å². The van der Waals surface area contributed by atoms with E-state index in [1.165, 1.54) is 44.6 Å². The summed E-state index contributed by atoms with van der Waals surface area (Å²) < 4.78 is 2.25. The lowest BCUT2D eigenvalue weighted by molar-refractivity contribution is -0.669. The van der Waals surface area contributed by atoms with Crippen LogP contribution in [-0.2, 0) is 13.5 Å². The first kappa shape index (κ1) is 14.1. The van der Waals surface area contributed by atoms with Crippen molar-refractivity contribution in [2.24, 2.45) is 7.05 Å². The number of aryl methyl sites for hydroxylation is 2. The summed E-state index contributed by atoms with van der Waals surface area (Å²) in [7, 11) is 2.12. The predicted molar refractivity (Wildman–Crippen MR) is 91.1 cm³/mol. The third-order valence-corrected chi connectivity index (χ3v) is 4.95. The lowest BCUT2D eigenvalue weighted by Gasteiger charge is -2.10. The number of pyridine rings is 1. The molecule has 0 spiro atoms. The lowest BCUT2D eigenvalue weighted by Crippen LogP contribution is -2.37. The molecule has 2 aromatic heterocycles. The van der Waals surface area contributed by atoms with Crippen LogP contribution in [0.2, 0.25) is 0 Å². The van der Waals surface area contributed by atoms with Gasteiger partial charge >= 0.3 is 5.82 Å². The Balaban J connectivity index is 1.93. The van der Waals surface area contributed by atoms with E-state index in [4.69, 9.17) is 4.98 Å². The van der Waals surface area contributed by atoms with Crippen LogP contribution >= 0.6 is 0 Å². The maximum absolute atomic E-state index is 4.80. The van der Waals surface area contributed by atoms with Crippen LogP contribution in [0.3, 0.4) is 0 Å². The Kier molecular flexibility index (Phi) is 3.05. The number of aromatic nitrogens is 3. The summed E-state index contributed by atoms with van der Waals surface area (Å²) in [6.07, 6.45) is 6.77. The van der Waals surface area contributed by atoms with Crippen LogP contribution in [0, 0.1) is 20.8 Å². The summed E-state index contributed by atoms with van der Waals surface area (Å²) in [6, 6.07) is 6.55. The standard InChI is InChI=1S/C20H20N3/c1-12-7-13(2)14(3)17(8-12)20-22-11-18-16-5-6-21-10-15(16)9-19(18)23(20)4/h5-8,10-11H,9H2,1-4H3/q+1. The van der Waals surface area contributed by atoms with Crippen LogP contribution in [0.4, 0.5) is 0 Å². The van der Waals surface area contributed by atoms with Gasteiger partial charge in [-0.25, -0.2) is 4.57 Å². The summed E-state index contributed by atoms with van der Waals surface area (Å²) in [5, 5.41) is 0. The van der Waals surface area contributed by atoms with E-state index in [1.807, 2.05) is 18.6 Å². The molecule has 0 fully saturated rings. The highest BCUT2D eigenvalue weighted by Crippen LogP contribution is 2.34. The van der Waals surface area contributed by atoms with E-state index in [0.717, 1.165) is 12.2 Å². The molecule has 23 heavy (non-hydrogen) atoms. The molecule has 0 saturated carbocycles. The average molecular weight is 302 g/mol. The first-order valence-electron chi connectivity index (χ1n) is 7.95. The average Bonchev–Trinajstić information content (AvgIpc) is 2.91. The van der Waals surface area contributed by atoms with Crippen LogP contribution in [0.1, 0.15) is 27.9 Å². The molecule has 0 radical (unpaired) electrons. The fraction of sp³-hybridized carbons (Fsp3) is 0.250. The molecule has 0 amide bonds. The van der Waals surface area contributed by atoms with Crippen molar-refractivity contribution in [1.82, 2.24) is 9.97 Å². The van der Waals surface area contributed by atoms with Crippen molar-refractivity contribution in [1.29, 1.82) is 0 Å². The van der Waals surface area contributed by atoms with Gasteiger partial charge < -0.3 is 0 Å². The molecule has 1 aromatic carbocycles. The third-order valence-electron chi connectivity index (χ3n) is 4.95. The monoisotopic (exact) mass is 302 g/mol. The summed E-state index contributed by atoms with van der Waals surface area (Å²) >= 11 is 0. The van der Waals surface area contributed by atoms with Gasteiger partial charge in [-0.1, -0.05) is 6.07 Å². The summed E-state index contributed by atoms with van der Waals surface area (Å²) in [5.41, 5.74) is 10.2. The zero-order chi connectivity index (χ0) is 16.1. The van der Waals surface area contributed by atoms with E-state index in [0.29, 0.717) is 0 Å². The number of nitrogens with zero attached hydrogens (tertiary/aromatic N) is 3. The van der Waals surface area contributed by atoms with Crippen molar-refractivity contribution in [3.8, 4) is 22.5 Å². The SMILES string of the molecule is Cc1cc(C)c(C)c(-c2ncc3c([n+]2C)Cc2cnccc2-3)c1. The Morgan fingerprint density at radius 2 is 1.83 bits per heavy atom.